The van der Waals surface area contributed by atoms with Crippen molar-refractivity contribution < 1.29 is 24.2 Å². The Hall–Kier alpha value is -2.74. The van der Waals surface area contributed by atoms with Crippen LogP contribution in [-0.2, 0) is 6.42 Å². The van der Waals surface area contributed by atoms with Crippen molar-refractivity contribution in [2.45, 2.75) is 57.5 Å². The molecule has 1 aromatic heterocycles. The number of fused-ring (bicyclic) bond motifs is 1. The summed E-state index contributed by atoms with van der Waals surface area (Å²) in [6, 6.07) is 0.981. The molecule has 2 heterocycles. The minimum atomic E-state index is -1.34. The van der Waals surface area contributed by atoms with Crippen molar-refractivity contribution in [1.29, 1.82) is 0 Å². The molecular formula is C22H25FN2O5. The average molecular weight is 416 g/mol. The van der Waals surface area contributed by atoms with Crippen LogP contribution in [0, 0.1) is 5.82 Å². The number of carbonyl (C=O) groups is 2. The fourth-order valence-corrected chi connectivity index (χ4v) is 4.89. The van der Waals surface area contributed by atoms with Gasteiger partial charge in [-0.3, -0.25) is 9.59 Å². The van der Waals surface area contributed by atoms with E-state index in [2.05, 4.69) is 0 Å². The predicted molar refractivity (Wildman–Crippen MR) is 110 cm³/mol. The third-order valence-corrected chi connectivity index (χ3v) is 6.26. The quantitative estimate of drug-likeness (QED) is 0.674. The number of nitrogens with zero attached hydrogens (tertiary/aromatic N) is 2. The summed E-state index contributed by atoms with van der Waals surface area (Å²) in [6.07, 6.45) is 4.57. The van der Waals surface area contributed by atoms with Gasteiger partial charge in [-0.1, -0.05) is 6.92 Å². The lowest BCUT2D eigenvalue weighted by atomic mass is 9.99. The Labute approximate surface area is 172 Å². The summed E-state index contributed by atoms with van der Waals surface area (Å²) < 4.78 is 17.1. The molecule has 0 radical (unpaired) electrons. The van der Waals surface area contributed by atoms with E-state index >= 15 is 4.39 Å². The predicted octanol–water partition coefficient (Wildman–Crippen LogP) is 2.90. The number of benzene rings is 1. The number of anilines is 1. The molecular weight excluding hydrogens is 391 g/mol. The summed E-state index contributed by atoms with van der Waals surface area (Å²) in [6.45, 7) is 2.28. The van der Waals surface area contributed by atoms with Gasteiger partial charge >= 0.3 is 5.97 Å². The highest BCUT2D eigenvalue weighted by molar-refractivity contribution is 6.04. The lowest BCUT2D eigenvalue weighted by Gasteiger charge is -2.29. The van der Waals surface area contributed by atoms with Crippen LogP contribution in [0.1, 0.15) is 71.5 Å². The normalized spacial score (nSPS) is 18.9. The zero-order valence-electron chi connectivity index (χ0n) is 16.9. The second kappa shape index (κ2) is 7.83. The van der Waals surface area contributed by atoms with Crippen LogP contribution < -0.4 is 10.3 Å². The zero-order chi connectivity index (χ0) is 21.6. The second-order valence-electron chi connectivity index (χ2n) is 8.05. The third kappa shape index (κ3) is 3.10. The van der Waals surface area contributed by atoms with Gasteiger partial charge in [-0.05, 0) is 44.6 Å². The number of hydrogen-bond donors (Lipinski definition) is 2. The molecule has 4 rings (SSSR count). The minimum absolute atomic E-state index is 0.00928. The van der Waals surface area contributed by atoms with Crippen molar-refractivity contribution in [2.75, 3.05) is 18.1 Å². The van der Waals surface area contributed by atoms with Crippen molar-refractivity contribution >= 4 is 28.8 Å². The van der Waals surface area contributed by atoms with Crippen LogP contribution in [0.5, 0.6) is 0 Å². The Kier molecular flexibility index (Phi) is 5.36. The molecule has 1 atom stereocenters. The van der Waals surface area contributed by atoms with Crippen molar-refractivity contribution in [3.63, 3.8) is 0 Å². The first-order valence-electron chi connectivity index (χ1n) is 10.4. The van der Waals surface area contributed by atoms with E-state index in [0.717, 1.165) is 31.7 Å². The van der Waals surface area contributed by atoms with Gasteiger partial charge in [0.25, 0.3) is 0 Å². The molecule has 0 bridgehead atoms. The van der Waals surface area contributed by atoms with E-state index in [1.807, 2.05) is 4.90 Å². The van der Waals surface area contributed by atoms with Crippen LogP contribution >= 0.6 is 0 Å². The number of pyridine rings is 1. The Bertz CT molecular complexity index is 1090. The Morgan fingerprint density at radius 2 is 2.07 bits per heavy atom. The fourth-order valence-electron chi connectivity index (χ4n) is 4.89. The van der Waals surface area contributed by atoms with Crippen molar-refractivity contribution in [2.24, 2.45) is 0 Å². The SMILES string of the molecule is CCc1c(C(=O)O)c(=O)c2cc(F)c(N3CCCC3CCO)c(C=O)c2n1C1CC1. The van der Waals surface area contributed by atoms with E-state index in [4.69, 9.17) is 0 Å². The van der Waals surface area contributed by atoms with E-state index in [0.29, 0.717) is 36.9 Å². The summed E-state index contributed by atoms with van der Waals surface area (Å²) >= 11 is 0. The van der Waals surface area contributed by atoms with E-state index in [9.17, 15) is 24.6 Å². The molecule has 2 N–H and O–H groups in total. The summed E-state index contributed by atoms with van der Waals surface area (Å²) in [4.78, 5) is 39.0. The summed E-state index contributed by atoms with van der Waals surface area (Å²) in [7, 11) is 0. The molecule has 8 heteroatoms. The first kappa shape index (κ1) is 20.5. The number of rotatable bonds is 7. The van der Waals surface area contributed by atoms with Gasteiger partial charge in [-0.25, -0.2) is 9.18 Å². The van der Waals surface area contributed by atoms with Gasteiger partial charge in [0.1, 0.15) is 11.4 Å². The maximum absolute atomic E-state index is 15.3. The van der Waals surface area contributed by atoms with E-state index in [1.165, 1.54) is 0 Å². The highest BCUT2D eigenvalue weighted by atomic mass is 19.1. The van der Waals surface area contributed by atoms with Gasteiger partial charge in [0, 0.05) is 30.9 Å². The van der Waals surface area contributed by atoms with Gasteiger partial charge in [-0.2, -0.15) is 0 Å². The minimum Gasteiger partial charge on any atom is -0.477 e. The standard InChI is InChI=1S/C22H25FN2O5/c1-2-17-18(22(29)30)21(28)14-10-16(23)20(24-8-3-4-12(24)7-9-26)15(11-27)19(14)25(17)13-5-6-13/h10-13,26H,2-9H2,1H3,(H,29,30). The van der Waals surface area contributed by atoms with E-state index in [-0.39, 0.29) is 40.9 Å². The molecule has 1 aliphatic carbocycles. The first-order valence-corrected chi connectivity index (χ1v) is 10.4. The Morgan fingerprint density at radius 3 is 2.63 bits per heavy atom. The van der Waals surface area contributed by atoms with Crippen LogP contribution in [0.15, 0.2) is 10.9 Å². The molecule has 1 saturated heterocycles. The third-order valence-electron chi connectivity index (χ3n) is 6.26. The molecule has 0 spiro atoms. The van der Waals surface area contributed by atoms with Crippen LogP contribution in [-0.4, -0.2) is 46.2 Å². The van der Waals surface area contributed by atoms with E-state index < -0.39 is 17.2 Å². The van der Waals surface area contributed by atoms with Gasteiger partial charge in [0.15, 0.2) is 6.29 Å². The monoisotopic (exact) mass is 416 g/mol. The number of aromatic carboxylic acids is 1. The first-order chi connectivity index (χ1) is 14.4. The smallest absolute Gasteiger partial charge is 0.341 e. The topological polar surface area (TPSA) is 99.8 Å². The lowest BCUT2D eigenvalue weighted by molar-refractivity contribution is 0.0693. The molecule has 160 valence electrons. The number of carbonyl (C=O) groups excluding carboxylic acids is 1. The number of aliphatic hydroxyl groups is 1. The largest absolute Gasteiger partial charge is 0.477 e. The summed E-state index contributed by atoms with van der Waals surface area (Å²) in [5, 5.41) is 19.0. The molecule has 1 unspecified atom stereocenters. The van der Waals surface area contributed by atoms with Crippen molar-refractivity contribution in [3.8, 4) is 0 Å². The molecule has 1 aliphatic heterocycles. The molecule has 1 saturated carbocycles. The van der Waals surface area contributed by atoms with E-state index in [1.54, 1.807) is 11.5 Å². The van der Waals surface area contributed by atoms with Gasteiger partial charge in [-0.15, -0.1) is 0 Å². The van der Waals surface area contributed by atoms with Gasteiger partial charge < -0.3 is 19.7 Å². The number of hydrogen-bond acceptors (Lipinski definition) is 5. The lowest BCUT2D eigenvalue weighted by Crippen LogP contribution is -2.32. The van der Waals surface area contributed by atoms with Crippen LogP contribution in [0.25, 0.3) is 10.9 Å². The van der Waals surface area contributed by atoms with Crippen molar-refractivity contribution in [3.05, 3.63) is 38.9 Å². The van der Waals surface area contributed by atoms with Gasteiger partial charge in [0.2, 0.25) is 5.43 Å². The Balaban J connectivity index is 2.11. The zero-order valence-corrected chi connectivity index (χ0v) is 16.9. The maximum Gasteiger partial charge on any atom is 0.341 e. The molecule has 0 amide bonds. The molecule has 2 fully saturated rings. The summed E-state index contributed by atoms with van der Waals surface area (Å²) in [5.41, 5.74) is -0.173. The number of aromatic nitrogens is 1. The number of halogens is 1. The van der Waals surface area contributed by atoms with Crippen LogP contribution in [0.2, 0.25) is 0 Å². The number of aliphatic hydroxyl groups excluding tert-OH is 1. The maximum atomic E-state index is 15.3. The summed E-state index contributed by atoms with van der Waals surface area (Å²) in [5.74, 6) is -2.05. The number of carboxylic acid groups (broad SMARTS) is 1. The number of carboxylic acids is 1. The highest BCUT2D eigenvalue weighted by Gasteiger charge is 2.35. The molecule has 2 aromatic rings. The van der Waals surface area contributed by atoms with Gasteiger partial charge in [0.05, 0.1) is 22.2 Å². The molecule has 7 nitrogen and oxygen atoms in total. The van der Waals surface area contributed by atoms with Crippen LogP contribution in [0.3, 0.4) is 0 Å². The molecule has 30 heavy (non-hydrogen) atoms. The second-order valence-corrected chi connectivity index (χ2v) is 8.05. The Morgan fingerprint density at radius 1 is 1.33 bits per heavy atom. The van der Waals surface area contributed by atoms with Crippen molar-refractivity contribution in [1.82, 2.24) is 4.57 Å². The fraction of sp³-hybridized carbons (Fsp3) is 0.500. The molecule has 2 aliphatic rings. The highest BCUT2D eigenvalue weighted by Crippen LogP contribution is 2.42. The average Bonchev–Trinajstić information content (AvgIpc) is 3.46. The molecule has 1 aromatic carbocycles. The number of aldehydes is 1. The van der Waals surface area contributed by atoms with Crippen LogP contribution in [0.4, 0.5) is 10.1 Å².